The maximum atomic E-state index is 12.4. The van der Waals surface area contributed by atoms with Crippen molar-refractivity contribution >= 4 is 39.8 Å². The molecular formula is C20H35IN4O3S. The van der Waals surface area contributed by atoms with Crippen LogP contribution in [-0.2, 0) is 14.6 Å². The molecule has 29 heavy (non-hydrogen) atoms. The Morgan fingerprint density at radius 2 is 1.83 bits per heavy atom. The second-order valence-corrected chi connectivity index (χ2v) is 9.55. The van der Waals surface area contributed by atoms with E-state index in [1.807, 2.05) is 6.07 Å². The largest absolute Gasteiger partial charge is 0.379 e. The van der Waals surface area contributed by atoms with E-state index in [0.29, 0.717) is 29.4 Å². The van der Waals surface area contributed by atoms with Gasteiger partial charge >= 0.3 is 0 Å². The molecule has 2 rings (SSSR count). The Bertz CT molecular complexity index is 708. The van der Waals surface area contributed by atoms with Gasteiger partial charge in [0, 0.05) is 39.3 Å². The van der Waals surface area contributed by atoms with Crippen molar-refractivity contribution in [3.05, 3.63) is 30.3 Å². The highest BCUT2D eigenvalue weighted by atomic mass is 127. The molecule has 1 aliphatic heterocycles. The summed E-state index contributed by atoms with van der Waals surface area (Å²) in [6, 6.07) is 8.94. The summed E-state index contributed by atoms with van der Waals surface area (Å²) in [6.45, 7) is 8.98. The molecule has 1 saturated heterocycles. The van der Waals surface area contributed by atoms with Crippen LogP contribution in [-0.4, -0.2) is 77.5 Å². The van der Waals surface area contributed by atoms with E-state index in [-0.39, 0.29) is 29.7 Å². The van der Waals surface area contributed by atoms with Crippen LogP contribution < -0.4 is 10.6 Å². The van der Waals surface area contributed by atoms with Crippen molar-refractivity contribution in [1.29, 1.82) is 0 Å². The quantitative estimate of drug-likeness (QED) is 0.285. The summed E-state index contributed by atoms with van der Waals surface area (Å²) >= 11 is 0. The third-order valence-corrected chi connectivity index (χ3v) is 6.53. The van der Waals surface area contributed by atoms with E-state index >= 15 is 0 Å². The predicted octanol–water partition coefficient (Wildman–Crippen LogP) is 1.99. The molecule has 0 bridgehead atoms. The fourth-order valence-corrected chi connectivity index (χ4v) is 4.51. The van der Waals surface area contributed by atoms with Gasteiger partial charge in [0.1, 0.15) is 0 Å². The van der Waals surface area contributed by atoms with Crippen LogP contribution in [0.5, 0.6) is 0 Å². The number of aliphatic imine (C=N–C) groups is 1. The molecule has 1 atom stereocenters. The highest BCUT2D eigenvalue weighted by Crippen LogP contribution is 2.13. The van der Waals surface area contributed by atoms with Crippen molar-refractivity contribution < 1.29 is 13.2 Å². The van der Waals surface area contributed by atoms with E-state index in [1.54, 1.807) is 31.3 Å². The number of hydrogen-bond donors (Lipinski definition) is 2. The lowest BCUT2D eigenvalue weighted by Gasteiger charge is -2.35. The first-order chi connectivity index (χ1) is 13.4. The molecule has 1 aromatic rings. The van der Waals surface area contributed by atoms with E-state index in [0.717, 1.165) is 39.3 Å². The number of ether oxygens (including phenoxy) is 1. The average molecular weight is 538 g/mol. The van der Waals surface area contributed by atoms with Gasteiger partial charge in [0.05, 0.1) is 23.9 Å². The van der Waals surface area contributed by atoms with Crippen LogP contribution in [0.1, 0.15) is 20.3 Å². The molecule has 0 amide bonds. The summed E-state index contributed by atoms with van der Waals surface area (Å²) in [7, 11) is -1.59. The minimum atomic E-state index is -3.30. The van der Waals surface area contributed by atoms with Gasteiger partial charge in [0.15, 0.2) is 15.8 Å². The van der Waals surface area contributed by atoms with Gasteiger partial charge in [-0.2, -0.15) is 0 Å². The SMILES string of the molecule is CN=C(NCCS(=O)(=O)c1ccccc1)NCC(CC(C)C)N1CCOCC1.I. The second-order valence-electron chi connectivity index (χ2n) is 7.44. The van der Waals surface area contributed by atoms with Crippen LogP contribution in [0.2, 0.25) is 0 Å². The molecule has 0 saturated carbocycles. The van der Waals surface area contributed by atoms with Gasteiger partial charge in [0.2, 0.25) is 0 Å². The van der Waals surface area contributed by atoms with E-state index < -0.39 is 9.84 Å². The number of nitrogens with zero attached hydrogens (tertiary/aromatic N) is 2. The van der Waals surface area contributed by atoms with Crippen LogP contribution in [0.3, 0.4) is 0 Å². The number of rotatable bonds is 9. The number of nitrogens with one attached hydrogen (secondary N) is 2. The molecule has 1 aromatic carbocycles. The average Bonchev–Trinajstić information content (AvgIpc) is 2.70. The van der Waals surface area contributed by atoms with Gasteiger partial charge in [-0.3, -0.25) is 9.89 Å². The minimum Gasteiger partial charge on any atom is -0.379 e. The summed E-state index contributed by atoms with van der Waals surface area (Å²) in [6.07, 6.45) is 1.09. The molecule has 166 valence electrons. The van der Waals surface area contributed by atoms with Crippen LogP contribution in [0.25, 0.3) is 0 Å². The maximum absolute atomic E-state index is 12.4. The standard InChI is InChI=1S/C20H34N4O3S.HI/c1-17(2)15-18(24-10-12-27-13-11-24)16-23-20(21-3)22-9-14-28(25,26)19-7-5-4-6-8-19;/h4-8,17-18H,9-16H2,1-3H3,(H2,21,22,23);1H. The third-order valence-electron chi connectivity index (χ3n) is 4.80. The zero-order chi connectivity index (χ0) is 20.4. The Labute approximate surface area is 192 Å². The van der Waals surface area contributed by atoms with Crippen LogP contribution in [0.15, 0.2) is 40.2 Å². The number of hydrogen-bond acceptors (Lipinski definition) is 5. The molecule has 1 fully saturated rings. The second kappa shape index (κ2) is 13.4. The Hall–Kier alpha value is -0.910. The summed E-state index contributed by atoms with van der Waals surface area (Å²) < 4.78 is 30.2. The third kappa shape index (κ3) is 9.18. The molecule has 0 radical (unpaired) electrons. The van der Waals surface area contributed by atoms with Gasteiger partial charge in [-0.15, -0.1) is 24.0 Å². The van der Waals surface area contributed by atoms with Crippen molar-refractivity contribution in [2.24, 2.45) is 10.9 Å². The molecule has 1 unspecified atom stereocenters. The zero-order valence-corrected chi connectivity index (χ0v) is 20.8. The molecule has 9 heteroatoms. The molecule has 0 spiro atoms. The highest BCUT2D eigenvalue weighted by Gasteiger charge is 2.22. The lowest BCUT2D eigenvalue weighted by atomic mass is 10.0. The Morgan fingerprint density at radius 1 is 1.17 bits per heavy atom. The fraction of sp³-hybridized carbons (Fsp3) is 0.650. The lowest BCUT2D eigenvalue weighted by molar-refractivity contribution is 0.0132. The van der Waals surface area contributed by atoms with E-state index in [1.165, 1.54) is 0 Å². The molecular weight excluding hydrogens is 503 g/mol. The fourth-order valence-electron chi connectivity index (χ4n) is 3.33. The topological polar surface area (TPSA) is 83.0 Å². The molecule has 1 aliphatic rings. The van der Waals surface area contributed by atoms with Gasteiger partial charge < -0.3 is 15.4 Å². The Kier molecular flexibility index (Phi) is 12.1. The molecule has 0 aliphatic carbocycles. The first-order valence-corrected chi connectivity index (χ1v) is 11.6. The molecule has 2 N–H and O–H groups in total. The van der Waals surface area contributed by atoms with Gasteiger partial charge in [-0.25, -0.2) is 8.42 Å². The van der Waals surface area contributed by atoms with Crippen molar-refractivity contribution in [2.45, 2.75) is 31.2 Å². The number of benzene rings is 1. The zero-order valence-electron chi connectivity index (χ0n) is 17.6. The monoisotopic (exact) mass is 538 g/mol. The van der Waals surface area contributed by atoms with Crippen molar-refractivity contribution in [3.63, 3.8) is 0 Å². The number of halogens is 1. The van der Waals surface area contributed by atoms with Crippen molar-refractivity contribution in [1.82, 2.24) is 15.5 Å². The Morgan fingerprint density at radius 3 is 2.41 bits per heavy atom. The van der Waals surface area contributed by atoms with E-state index in [9.17, 15) is 8.42 Å². The number of morpholine rings is 1. The maximum Gasteiger partial charge on any atom is 0.191 e. The lowest BCUT2D eigenvalue weighted by Crippen LogP contribution is -2.51. The van der Waals surface area contributed by atoms with Crippen LogP contribution in [0.4, 0.5) is 0 Å². The van der Waals surface area contributed by atoms with Gasteiger partial charge in [-0.1, -0.05) is 32.0 Å². The van der Waals surface area contributed by atoms with Gasteiger partial charge in [-0.05, 0) is 24.5 Å². The number of sulfone groups is 1. The first-order valence-electron chi connectivity index (χ1n) is 9.96. The van der Waals surface area contributed by atoms with E-state index in [4.69, 9.17) is 4.74 Å². The normalized spacial score (nSPS) is 16.9. The van der Waals surface area contributed by atoms with Crippen molar-refractivity contribution in [2.75, 3.05) is 52.2 Å². The smallest absolute Gasteiger partial charge is 0.191 e. The summed E-state index contributed by atoms with van der Waals surface area (Å²) in [5, 5.41) is 6.48. The summed E-state index contributed by atoms with van der Waals surface area (Å²) in [5.41, 5.74) is 0. The first kappa shape index (κ1) is 26.1. The van der Waals surface area contributed by atoms with Crippen LogP contribution in [0, 0.1) is 5.92 Å². The number of guanidine groups is 1. The molecule has 0 aromatic heterocycles. The van der Waals surface area contributed by atoms with Crippen LogP contribution >= 0.6 is 24.0 Å². The molecule has 7 nitrogen and oxygen atoms in total. The molecule has 1 heterocycles. The highest BCUT2D eigenvalue weighted by molar-refractivity contribution is 14.0. The minimum absolute atomic E-state index is 0. The van der Waals surface area contributed by atoms with E-state index in [2.05, 4.69) is 34.4 Å². The summed E-state index contributed by atoms with van der Waals surface area (Å²) in [4.78, 5) is 7.05. The van der Waals surface area contributed by atoms with Crippen molar-refractivity contribution in [3.8, 4) is 0 Å². The van der Waals surface area contributed by atoms with Gasteiger partial charge in [0.25, 0.3) is 0 Å². The Balaban J connectivity index is 0.00000420. The predicted molar refractivity (Wildman–Crippen MR) is 129 cm³/mol. The summed E-state index contributed by atoms with van der Waals surface area (Å²) in [5.74, 6) is 1.25.